The maximum Gasteiger partial charge on any atom is 0.331 e. The number of aliphatic carboxylic acids is 1. The van der Waals surface area contributed by atoms with Crippen LogP contribution in [0.3, 0.4) is 0 Å². The van der Waals surface area contributed by atoms with E-state index >= 15 is 0 Å². The van der Waals surface area contributed by atoms with Crippen molar-refractivity contribution >= 4 is 17.2 Å². The third-order valence-electron chi connectivity index (χ3n) is 4.62. The van der Waals surface area contributed by atoms with Crippen molar-refractivity contribution in [1.29, 1.82) is 0 Å². The van der Waals surface area contributed by atoms with Crippen LogP contribution in [0.2, 0.25) is 0 Å². The van der Waals surface area contributed by atoms with E-state index in [2.05, 4.69) is 6.58 Å². The Morgan fingerprint density at radius 3 is 2.78 bits per heavy atom. The minimum absolute atomic E-state index is 0.276. The van der Waals surface area contributed by atoms with Gasteiger partial charge in [-0.25, -0.2) is 4.79 Å². The van der Waals surface area contributed by atoms with Gasteiger partial charge in [-0.1, -0.05) is 37.0 Å². The van der Waals surface area contributed by atoms with Crippen molar-refractivity contribution in [2.45, 2.75) is 13.3 Å². The molecule has 0 fully saturated rings. The molecule has 27 heavy (non-hydrogen) atoms. The van der Waals surface area contributed by atoms with Crippen LogP contribution in [0.25, 0.3) is 5.57 Å². The molecule has 0 unspecified atom stereocenters. The largest absolute Gasteiger partial charge is 0.478 e. The van der Waals surface area contributed by atoms with E-state index in [0.717, 1.165) is 40.3 Å². The Morgan fingerprint density at radius 2 is 2.11 bits per heavy atom. The van der Waals surface area contributed by atoms with Gasteiger partial charge in [0, 0.05) is 48.1 Å². The van der Waals surface area contributed by atoms with Gasteiger partial charge in [0.1, 0.15) is 11.5 Å². The second kappa shape index (κ2) is 7.54. The second-order valence-corrected chi connectivity index (χ2v) is 6.61. The standard InChI is InChI=1S/C23H23NO3/c1-5-6-9-17(15(2)23(25)26)22-18-10-7-8-11-20(18)27-21-14-16(24(3)4)12-13-19(21)22/h5-7,9-14H,1,8H2,2-4H3,(H,25,26)/b9-6-,17-15-. The highest BCUT2D eigenvalue weighted by atomic mass is 16.5. The molecule has 0 spiro atoms. The summed E-state index contributed by atoms with van der Waals surface area (Å²) in [6.45, 7) is 5.33. The summed E-state index contributed by atoms with van der Waals surface area (Å²) in [5, 5.41) is 9.63. The fraction of sp³-hybridized carbons (Fsp3) is 0.174. The van der Waals surface area contributed by atoms with Crippen LogP contribution >= 0.6 is 0 Å². The molecular weight excluding hydrogens is 338 g/mol. The van der Waals surface area contributed by atoms with E-state index in [9.17, 15) is 9.90 Å². The minimum Gasteiger partial charge on any atom is -0.478 e. The Balaban J connectivity index is 2.33. The number of carboxylic acid groups (broad SMARTS) is 1. The number of nitrogens with zero attached hydrogens (tertiary/aromatic N) is 1. The minimum atomic E-state index is -0.949. The van der Waals surface area contributed by atoms with E-state index < -0.39 is 5.97 Å². The summed E-state index contributed by atoms with van der Waals surface area (Å²) in [6.07, 6.45) is 12.1. The predicted octanol–water partition coefficient (Wildman–Crippen LogP) is 4.89. The van der Waals surface area contributed by atoms with Gasteiger partial charge in [-0.05, 0) is 37.1 Å². The van der Waals surface area contributed by atoms with Gasteiger partial charge >= 0.3 is 5.97 Å². The van der Waals surface area contributed by atoms with Gasteiger partial charge in [0.2, 0.25) is 0 Å². The van der Waals surface area contributed by atoms with Gasteiger partial charge in [-0.2, -0.15) is 0 Å². The first-order valence-electron chi connectivity index (χ1n) is 8.78. The third-order valence-corrected chi connectivity index (χ3v) is 4.62. The molecule has 0 amide bonds. The number of allylic oxidation sites excluding steroid dienone is 8. The highest BCUT2D eigenvalue weighted by molar-refractivity contribution is 5.99. The monoisotopic (exact) mass is 361 g/mol. The Kier molecular flexibility index (Phi) is 5.17. The first kappa shape index (κ1) is 18.5. The average Bonchev–Trinajstić information content (AvgIpc) is 2.66. The molecule has 0 atom stereocenters. The van der Waals surface area contributed by atoms with E-state index in [1.807, 2.05) is 55.4 Å². The summed E-state index contributed by atoms with van der Waals surface area (Å²) in [6, 6.07) is 5.98. The van der Waals surface area contributed by atoms with Gasteiger partial charge in [0.05, 0.1) is 0 Å². The number of anilines is 1. The molecule has 0 aromatic heterocycles. The average molecular weight is 361 g/mol. The number of carbonyl (C=O) groups is 1. The van der Waals surface area contributed by atoms with E-state index in [4.69, 9.17) is 4.74 Å². The number of carboxylic acids is 1. The first-order chi connectivity index (χ1) is 12.9. The normalized spacial score (nSPS) is 16.2. The molecule has 3 rings (SSSR count). The van der Waals surface area contributed by atoms with Crippen molar-refractivity contribution in [2.24, 2.45) is 0 Å². The van der Waals surface area contributed by atoms with Crippen molar-refractivity contribution in [1.82, 2.24) is 0 Å². The number of ether oxygens (including phenoxy) is 1. The Hall–Kier alpha value is -3.27. The van der Waals surface area contributed by atoms with E-state index in [1.54, 1.807) is 25.2 Å². The van der Waals surface area contributed by atoms with Crippen LogP contribution in [0.5, 0.6) is 5.75 Å². The summed E-state index contributed by atoms with van der Waals surface area (Å²) < 4.78 is 6.16. The number of hydrogen-bond acceptors (Lipinski definition) is 3. The quantitative estimate of drug-likeness (QED) is 0.599. The van der Waals surface area contributed by atoms with Crippen LogP contribution in [0.4, 0.5) is 5.69 Å². The van der Waals surface area contributed by atoms with Gasteiger partial charge in [0.15, 0.2) is 0 Å². The molecule has 0 radical (unpaired) electrons. The smallest absolute Gasteiger partial charge is 0.331 e. The molecule has 138 valence electrons. The lowest BCUT2D eigenvalue weighted by Gasteiger charge is -2.28. The Morgan fingerprint density at radius 1 is 1.33 bits per heavy atom. The summed E-state index contributed by atoms with van der Waals surface area (Å²) in [7, 11) is 3.95. The Labute approximate surface area is 159 Å². The van der Waals surface area contributed by atoms with Crippen molar-refractivity contribution in [3.05, 3.63) is 89.3 Å². The number of benzene rings is 1. The lowest BCUT2D eigenvalue weighted by atomic mass is 9.85. The zero-order chi connectivity index (χ0) is 19.6. The number of rotatable bonds is 5. The second-order valence-electron chi connectivity index (χ2n) is 6.61. The van der Waals surface area contributed by atoms with Gasteiger partial charge in [-0.15, -0.1) is 0 Å². The molecule has 1 heterocycles. The molecule has 4 nitrogen and oxygen atoms in total. The number of fused-ring (bicyclic) bond motifs is 2. The third kappa shape index (κ3) is 3.51. The highest BCUT2D eigenvalue weighted by Crippen LogP contribution is 2.45. The molecule has 0 saturated carbocycles. The first-order valence-corrected chi connectivity index (χ1v) is 8.78. The predicted molar refractivity (Wildman–Crippen MR) is 110 cm³/mol. The fourth-order valence-electron chi connectivity index (χ4n) is 3.17. The summed E-state index contributed by atoms with van der Waals surface area (Å²) in [5.41, 5.74) is 4.59. The van der Waals surface area contributed by atoms with Gasteiger partial charge in [-0.3, -0.25) is 0 Å². The van der Waals surface area contributed by atoms with E-state index in [1.165, 1.54) is 0 Å². The van der Waals surface area contributed by atoms with Crippen LogP contribution in [0, 0.1) is 0 Å². The molecular formula is C23H23NO3. The molecule has 0 saturated heterocycles. The van der Waals surface area contributed by atoms with Crippen LogP contribution in [0.1, 0.15) is 18.9 Å². The van der Waals surface area contributed by atoms with Crippen LogP contribution in [-0.4, -0.2) is 25.2 Å². The summed E-state index contributed by atoms with van der Waals surface area (Å²) in [4.78, 5) is 13.8. The van der Waals surface area contributed by atoms with Gasteiger partial charge < -0.3 is 14.7 Å². The summed E-state index contributed by atoms with van der Waals surface area (Å²) in [5.74, 6) is 0.540. The molecule has 2 aliphatic rings. The van der Waals surface area contributed by atoms with Crippen LogP contribution < -0.4 is 9.64 Å². The van der Waals surface area contributed by atoms with Crippen molar-refractivity contribution in [3.8, 4) is 5.75 Å². The lowest BCUT2D eigenvalue weighted by molar-refractivity contribution is -0.132. The fourth-order valence-corrected chi connectivity index (χ4v) is 3.17. The van der Waals surface area contributed by atoms with Gasteiger partial charge in [0.25, 0.3) is 0 Å². The zero-order valence-corrected chi connectivity index (χ0v) is 15.8. The van der Waals surface area contributed by atoms with Crippen LogP contribution in [0.15, 0.2) is 83.7 Å². The molecule has 1 aromatic carbocycles. The van der Waals surface area contributed by atoms with Crippen molar-refractivity contribution in [3.63, 3.8) is 0 Å². The van der Waals surface area contributed by atoms with Crippen LogP contribution in [-0.2, 0) is 4.79 Å². The maximum absolute atomic E-state index is 11.8. The van der Waals surface area contributed by atoms with E-state index in [-0.39, 0.29) is 5.57 Å². The summed E-state index contributed by atoms with van der Waals surface area (Å²) >= 11 is 0. The van der Waals surface area contributed by atoms with Crippen molar-refractivity contribution in [2.75, 3.05) is 19.0 Å². The molecule has 1 aliphatic heterocycles. The SMILES string of the molecule is C=C/C=C\C(C1=C2C=CCC=C2Oc2cc(N(C)C)ccc21)=C(/C)C(=O)O. The topological polar surface area (TPSA) is 49.8 Å². The van der Waals surface area contributed by atoms with E-state index in [0.29, 0.717) is 5.57 Å². The molecule has 1 aromatic rings. The molecule has 4 heteroatoms. The lowest BCUT2D eigenvalue weighted by Crippen LogP contribution is -2.15. The highest BCUT2D eigenvalue weighted by Gasteiger charge is 2.28. The maximum atomic E-state index is 11.8. The molecule has 1 N–H and O–H groups in total. The molecule has 0 bridgehead atoms. The Bertz CT molecular complexity index is 956. The number of hydrogen-bond donors (Lipinski definition) is 1. The zero-order valence-electron chi connectivity index (χ0n) is 15.8. The molecule has 1 aliphatic carbocycles. The van der Waals surface area contributed by atoms with Crippen molar-refractivity contribution < 1.29 is 14.6 Å².